The zero-order chi connectivity index (χ0) is 25.8. The molecule has 4 aromatic rings. The van der Waals surface area contributed by atoms with E-state index in [0.29, 0.717) is 29.1 Å². The first kappa shape index (κ1) is 24.7. The quantitative estimate of drug-likeness (QED) is 0.356. The van der Waals surface area contributed by atoms with E-state index in [1.54, 1.807) is 12.3 Å². The third-order valence-electron chi connectivity index (χ3n) is 5.54. The molecule has 0 bridgehead atoms. The molecule has 0 atom stereocenters. The number of hydrogen-bond donors (Lipinski definition) is 2. The van der Waals surface area contributed by atoms with E-state index in [4.69, 9.17) is 4.74 Å². The number of aromatic nitrogens is 4. The van der Waals surface area contributed by atoms with Gasteiger partial charge in [0.25, 0.3) is 5.91 Å². The summed E-state index contributed by atoms with van der Waals surface area (Å²) < 4.78 is 35.5. The van der Waals surface area contributed by atoms with Gasteiger partial charge >= 0.3 is 5.97 Å². The minimum atomic E-state index is -1.00. The molecule has 3 heterocycles. The molecule has 0 aliphatic rings. The Morgan fingerprint density at radius 2 is 1.92 bits per heavy atom. The number of nitrogens with one attached hydrogen (secondary N) is 2. The molecule has 0 radical (unpaired) electrons. The SMILES string of the molecule is COC(=O)c1cn2ncnc(Nc3cc(C(=O)NCCc4ccccn4)c(F)cc3F)c2c1C(C)C. The number of halogens is 2. The number of carbonyl (C=O) groups excluding carboxylic acids is 2. The molecule has 3 aromatic heterocycles. The number of benzene rings is 1. The first-order chi connectivity index (χ1) is 17.3. The lowest BCUT2D eigenvalue weighted by molar-refractivity contribution is 0.0599. The van der Waals surface area contributed by atoms with Crippen LogP contribution in [0.3, 0.4) is 0 Å². The van der Waals surface area contributed by atoms with Gasteiger partial charge in [-0.2, -0.15) is 5.10 Å². The van der Waals surface area contributed by atoms with Crippen LogP contribution in [-0.4, -0.2) is 45.1 Å². The summed E-state index contributed by atoms with van der Waals surface area (Å²) in [5, 5.41) is 9.59. The third-order valence-corrected chi connectivity index (χ3v) is 5.54. The number of pyridine rings is 1. The van der Waals surface area contributed by atoms with Crippen LogP contribution in [0.1, 0.15) is 51.7 Å². The molecule has 1 aromatic carbocycles. The second kappa shape index (κ2) is 10.5. The molecule has 0 spiro atoms. The van der Waals surface area contributed by atoms with Gasteiger partial charge in [-0.25, -0.2) is 23.1 Å². The van der Waals surface area contributed by atoms with Gasteiger partial charge in [0.15, 0.2) is 5.82 Å². The number of esters is 1. The first-order valence-electron chi connectivity index (χ1n) is 11.2. The Morgan fingerprint density at radius 1 is 1.11 bits per heavy atom. The average Bonchev–Trinajstić information content (AvgIpc) is 3.27. The first-order valence-corrected chi connectivity index (χ1v) is 11.2. The summed E-state index contributed by atoms with van der Waals surface area (Å²) in [6.07, 6.45) is 4.83. The Morgan fingerprint density at radius 3 is 2.61 bits per heavy atom. The third kappa shape index (κ3) is 4.99. The fourth-order valence-electron chi connectivity index (χ4n) is 3.88. The highest BCUT2D eigenvalue weighted by atomic mass is 19.1. The molecule has 0 fully saturated rings. The lowest BCUT2D eigenvalue weighted by Gasteiger charge is -2.13. The number of methoxy groups -OCH3 is 1. The zero-order valence-corrected chi connectivity index (χ0v) is 19.9. The monoisotopic (exact) mass is 494 g/mol. The summed E-state index contributed by atoms with van der Waals surface area (Å²) in [5.41, 5.74) is 1.59. The molecule has 4 rings (SSSR count). The molecule has 36 heavy (non-hydrogen) atoms. The van der Waals surface area contributed by atoms with E-state index in [1.165, 1.54) is 24.1 Å². The summed E-state index contributed by atoms with van der Waals surface area (Å²) in [5.74, 6) is -3.12. The van der Waals surface area contributed by atoms with E-state index in [9.17, 15) is 18.4 Å². The number of rotatable bonds is 8. The van der Waals surface area contributed by atoms with Gasteiger partial charge < -0.3 is 15.4 Å². The standard InChI is InChI=1S/C25H24F2N6O3/c1-14(2)21-17(25(35)36-3)12-33-22(21)23(30-13-31-33)32-20-10-16(18(26)11-19(20)27)24(34)29-9-7-15-6-4-5-8-28-15/h4-6,8,10-14H,7,9H2,1-3H3,(H,29,34)(H,30,31,32). The van der Waals surface area contributed by atoms with E-state index in [2.05, 4.69) is 25.7 Å². The van der Waals surface area contributed by atoms with Crippen molar-refractivity contribution in [3.8, 4) is 0 Å². The van der Waals surface area contributed by atoms with Crippen molar-refractivity contribution in [1.82, 2.24) is 24.9 Å². The maximum absolute atomic E-state index is 14.7. The van der Waals surface area contributed by atoms with Crippen molar-refractivity contribution in [1.29, 1.82) is 0 Å². The molecular formula is C25H24F2N6O3. The smallest absolute Gasteiger partial charge is 0.339 e. The normalized spacial score (nSPS) is 11.1. The topological polar surface area (TPSA) is 111 Å². The van der Waals surface area contributed by atoms with Gasteiger partial charge in [-0.15, -0.1) is 0 Å². The fraction of sp³-hybridized carbons (Fsp3) is 0.240. The van der Waals surface area contributed by atoms with Crippen molar-refractivity contribution in [3.63, 3.8) is 0 Å². The van der Waals surface area contributed by atoms with Crippen LogP contribution in [0.25, 0.3) is 5.52 Å². The van der Waals surface area contributed by atoms with E-state index in [-0.39, 0.29) is 29.5 Å². The number of amides is 1. The molecule has 1 amide bonds. The fourth-order valence-corrected chi connectivity index (χ4v) is 3.88. The lowest BCUT2D eigenvalue weighted by Crippen LogP contribution is -2.27. The highest BCUT2D eigenvalue weighted by molar-refractivity contribution is 5.97. The number of ether oxygens (including phenoxy) is 1. The predicted molar refractivity (Wildman–Crippen MR) is 128 cm³/mol. The largest absolute Gasteiger partial charge is 0.465 e. The lowest BCUT2D eigenvalue weighted by atomic mass is 10.00. The van der Waals surface area contributed by atoms with Gasteiger partial charge in [-0.1, -0.05) is 19.9 Å². The average molecular weight is 495 g/mol. The Balaban J connectivity index is 1.64. The summed E-state index contributed by atoms with van der Waals surface area (Å²) in [6, 6.07) is 7.14. The van der Waals surface area contributed by atoms with Gasteiger partial charge in [-0.05, 0) is 24.1 Å². The molecule has 0 aliphatic heterocycles. The molecule has 186 valence electrons. The predicted octanol–water partition coefficient (Wildman–Crippen LogP) is 4.03. The van der Waals surface area contributed by atoms with E-state index in [0.717, 1.165) is 11.8 Å². The summed E-state index contributed by atoms with van der Waals surface area (Å²) in [6.45, 7) is 3.98. The van der Waals surface area contributed by atoms with Crippen LogP contribution < -0.4 is 10.6 Å². The van der Waals surface area contributed by atoms with Crippen LogP contribution in [0, 0.1) is 11.6 Å². The van der Waals surface area contributed by atoms with Gasteiger partial charge in [-0.3, -0.25) is 9.78 Å². The minimum absolute atomic E-state index is 0.130. The Bertz CT molecular complexity index is 1420. The number of hydrogen-bond acceptors (Lipinski definition) is 7. The second-order valence-corrected chi connectivity index (χ2v) is 8.27. The molecule has 11 heteroatoms. The number of anilines is 2. The van der Waals surface area contributed by atoms with Crippen LogP contribution >= 0.6 is 0 Å². The summed E-state index contributed by atoms with van der Waals surface area (Å²) in [4.78, 5) is 33.3. The van der Waals surface area contributed by atoms with E-state index < -0.39 is 23.5 Å². The van der Waals surface area contributed by atoms with Crippen LogP contribution in [0.5, 0.6) is 0 Å². The van der Waals surface area contributed by atoms with Crippen molar-refractivity contribution in [2.45, 2.75) is 26.2 Å². The highest BCUT2D eigenvalue weighted by Crippen LogP contribution is 2.32. The Kier molecular flexibility index (Phi) is 7.18. The number of nitrogens with zero attached hydrogens (tertiary/aromatic N) is 4. The highest BCUT2D eigenvalue weighted by Gasteiger charge is 2.24. The van der Waals surface area contributed by atoms with Gasteiger partial charge in [0.05, 0.1) is 23.9 Å². The number of carbonyl (C=O) groups is 2. The van der Waals surface area contributed by atoms with Gasteiger partial charge in [0.1, 0.15) is 23.5 Å². The van der Waals surface area contributed by atoms with Gasteiger partial charge in [0, 0.05) is 42.7 Å². The summed E-state index contributed by atoms with van der Waals surface area (Å²) in [7, 11) is 1.27. The molecular weight excluding hydrogens is 470 g/mol. The molecule has 0 saturated heterocycles. The van der Waals surface area contributed by atoms with Crippen LogP contribution in [0.15, 0.2) is 49.1 Å². The second-order valence-electron chi connectivity index (χ2n) is 8.27. The van der Waals surface area contributed by atoms with Gasteiger partial charge in [0.2, 0.25) is 0 Å². The van der Waals surface area contributed by atoms with Crippen molar-refractivity contribution >= 4 is 28.9 Å². The summed E-state index contributed by atoms with van der Waals surface area (Å²) >= 11 is 0. The maximum Gasteiger partial charge on any atom is 0.339 e. The Hall–Kier alpha value is -4.41. The molecule has 2 N–H and O–H groups in total. The maximum atomic E-state index is 14.7. The van der Waals surface area contributed by atoms with Crippen LogP contribution in [0.4, 0.5) is 20.3 Å². The number of fused-ring (bicyclic) bond motifs is 1. The van der Waals surface area contributed by atoms with Crippen molar-refractivity contribution in [3.05, 3.63) is 83.1 Å². The van der Waals surface area contributed by atoms with Crippen molar-refractivity contribution in [2.24, 2.45) is 0 Å². The molecule has 9 nitrogen and oxygen atoms in total. The van der Waals surface area contributed by atoms with Crippen LogP contribution in [-0.2, 0) is 11.2 Å². The van der Waals surface area contributed by atoms with E-state index in [1.807, 2.05) is 26.0 Å². The molecule has 0 aliphatic carbocycles. The molecule has 0 saturated carbocycles. The Labute approximate surface area is 205 Å². The minimum Gasteiger partial charge on any atom is -0.465 e. The van der Waals surface area contributed by atoms with Crippen molar-refractivity contribution < 1.29 is 23.1 Å². The van der Waals surface area contributed by atoms with Crippen LogP contribution in [0.2, 0.25) is 0 Å². The molecule has 0 unspecified atom stereocenters. The van der Waals surface area contributed by atoms with Crippen molar-refractivity contribution in [2.75, 3.05) is 19.0 Å². The zero-order valence-electron chi connectivity index (χ0n) is 19.9. The van der Waals surface area contributed by atoms with E-state index >= 15 is 0 Å².